The average Bonchev–Trinajstić information content (AvgIpc) is 2.65. The number of rotatable bonds is 4. The van der Waals surface area contributed by atoms with Gasteiger partial charge in [-0.15, -0.1) is 0 Å². The second kappa shape index (κ2) is 5.34. The quantitative estimate of drug-likeness (QED) is 0.544. The highest BCUT2D eigenvalue weighted by atomic mass is 35.5. The molecule has 0 aromatic carbocycles. The molecule has 1 aliphatic heterocycles. The molecule has 10 heteroatoms. The third kappa shape index (κ3) is 2.11. The zero-order valence-corrected chi connectivity index (χ0v) is 12.6. The van der Waals surface area contributed by atoms with Crippen LogP contribution in [-0.4, -0.2) is 30.3 Å². The van der Waals surface area contributed by atoms with Crippen LogP contribution in [0, 0.1) is 0 Å². The van der Waals surface area contributed by atoms with Gasteiger partial charge in [-0.3, -0.25) is 5.14 Å². The Morgan fingerprint density at radius 2 is 2.10 bits per heavy atom. The SMILES string of the molecule is NC1=NC(Cl)=C(CCO)S1(N)S(=O)(=O)c1ccccn1. The Morgan fingerprint density at radius 1 is 1.40 bits per heavy atom. The summed E-state index contributed by atoms with van der Waals surface area (Å²) in [6.07, 6.45) is 1.33. The van der Waals surface area contributed by atoms with Crippen molar-refractivity contribution in [1.82, 2.24) is 4.98 Å². The van der Waals surface area contributed by atoms with Gasteiger partial charge in [0.25, 0.3) is 8.87 Å². The molecule has 0 aliphatic carbocycles. The summed E-state index contributed by atoms with van der Waals surface area (Å²) < 4.78 is 25.4. The van der Waals surface area contributed by atoms with E-state index in [9.17, 15) is 8.42 Å². The molecule has 0 radical (unpaired) electrons. The fourth-order valence-electron chi connectivity index (χ4n) is 1.71. The van der Waals surface area contributed by atoms with Gasteiger partial charge in [0.1, 0.15) is 5.16 Å². The lowest BCUT2D eigenvalue weighted by molar-refractivity contribution is 0.301. The van der Waals surface area contributed by atoms with Crippen molar-refractivity contribution < 1.29 is 13.5 Å². The molecule has 110 valence electrons. The van der Waals surface area contributed by atoms with E-state index in [0.717, 1.165) is 0 Å². The summed E-state index contributed by atoms with van der Waals surface area (Å²) in [7, 11) is -7.19. The van der Waals surface area contributed by atoms with E-state index in [1.807, 2.05) is 0 Å². The molecule has 1 aromatic heterocycles. The minimum absolute atomic E-state index is 0.0130. The summed E-state index contributed by atoms with van der Waals surface area (Å²) in [4.78, 5) is 7.72. The van der Waals surface area contributed by atoms with Crippen molar-refractivity contribution in [3.8, 4) is 0 Å². The summed E-state index contributed by atoms with van der Waals surface area (Å²) in [5.41, 5.74) is 5.70. The second-order valence-electron chi connectivity index (χ2n) is 3.86. The highest BCUT2D eigenvalue weighted by Crippen LogP contribution is 2.62. The molecular weight excluding hydrogens is 324 g/mol. The summed E-state index contributed by atoms with van der Waals surface area (Å²) in [5.74, 6) is 0. The number of aliphatic hydroxyl groups is 1. The van der Waals surface area contributed by atoms with E-state index in [-0.39, 0.29) is 33.3 Å². The highest BCUT2D eigenvalue weighted by molar-refractivity contribution is 8.97. The third-order valence-electron chi connectivity index (χ3n) is 2.69. The smallest absolute Gasteiger partial charge is 0.251 e. The summed E-state index contributed by atoms with van der Waals surface area (Å²) >= 11 is 5.89. The Balaban J connectivity index is 2.63. The van der Waals surface area contributed by atoms with Gasteiger partial charge in [-0.25, -0.2) is 18.4 Å². The topological polar surface area (TPSA) is 132 Å². The Bertz CT molecular complexity index is 690. The number of aromatic nitrogens is 1. The van der Waals surface area contributed by atoms with Gasteiger partial charge >= 0.3 is 0 Å². The molecule has 0 saturated heterocycles. The van der Waals surface area contributed by atoms with E-state index < -0.39 is 18.1 Å². The molecule has 0 bridgehead atoms. The number of amidine groups is 1. The minimum Gasteiger partial charge on any atom is -0.396 e. The van der Waals surface area contributed by atoms with Crippen molar-refractivity contribution in [2.45, 2.75) is 11.4 Å². The molecule has 1 unspecified atom stereocenters. The van der Waals surface area contributed by atoms with Crippen LogP contribution in [0.2, 0.25) is 0 Å². The molecule has 20 heavy (non-hydrogen) atoms. The number of pyridine rings is 1. The fraction of sp³-hybridized carbons (Fsp3) is 0.200. The van der Waals surface area contributed by atoms with Crippen molar-refractivity contribution in [1.29, 1.82) is 0 Å². The monoisotopic (exact) mass is 336 g/mol. The van der Waals surface area contributed by atoms with Crippen molar-refractivity contribution >= 4 is 34.9 Å². The molecule has 2 rings (SSSR count). The number of aliphatic hydroxyl groups excluding tert-OH is 1. The van der Waals surface area contributed by atoms with E-state index in [1.54, 1.807) is 6.07 Å². The lowest BCUT2D eigenvalue weighted by Crippen LogP contribution is -2.33. The number of nitrogens with two attached hydrogens (primary N) is 2. The molecule has 0 spiro atoms. The fourth-order valence-corrected chi connectivity index (χ4v) is 7.98. The normalized spacial score (nSPS) is 26.2. The molecule has 1 atom stereocenters. The van der Waals surface area contributed by atoms with E-state index in [1.165, 1.54) is 18.3 Å². The Morgan fingerprint density at radius 3 is 2.65 bits per heavy atom. The summed E-state index contributed by atoms with van der Waals surface area (Å²) in [6.45, 7) is -0.307. The van der Waals surface area contributed by atoms with E-state index in [2.05, 4.69) is 9.98 Å². The standard InChI is InChI=1S/C10H13ClN4O3S2/c11-9-7(4-6-16)19(13,10(12)15-9)20(17,18)8-3-1-2-5-14-8/h1-3,5,16H,4,6,13H2,(H2,12,15). The van der Waals surface area contributed by atoms with Crippen LogP contribution >= 0.6 is 20.8 Å². The largest absolute Gasteiger partial charge is 0.396 e. The van der Waals surface area contributed by atoms with Crippen molar-refractivity contribution in [2.75, 3.05) is 6.61 Å². The van der Waals surface area contributed by atoms with Gasteiger partial charge in [-0.1, -0.05) is 17.7 Å². The maximum Gasteiger partial charge on any atom is 0.251 e. The lowest BCUT2D eigenvalue weighted by atomic mass is 10.4. The van der Waals surface area contributed by atoms with Gasteiger partial charge in [0.05, 0.1) is 0 Å². The Hall–Kier alpha value is -1.13. The number of hydrogen-bond acceptors (Lipinski definition) is 7. The van der Waals surface area contributed by atoms with Crippen molar-refractivity contribution in [2.24, 2.45) is 15.9 Å². The predicted molar refractivity (Wildman–Crippen MR) is 79.4 cm³/mol. The molecule has 0 saturated carbocycles. The summed E-state index contributed by atoms with van der Waals surface area (Å²) in [5, 5.41) is 14.6. The van der Waals surface area contributed by atoms with Gasteiger partial charge in [0.2, 0.25) is 0 Å². The van der Waals surface area contributed by atoms with E-state index in [0.29, 0.717) is 0 Å². The zero-order valence-electron chi connectivity index (χ0n) is 10.2. The molecule has 2 heterocycles. The van der Waals surface area contributed by atoms with Gasteiger partial charge in [0, 0.05) is 33.4 Å². The first kappa shape index (κ1) is 15.3. The van der Waals surface area contributed by atoms with Gasteiger partial charge in [-0.2, -0.15) is 0 Å². The van der Waals surface area contributed by atoms with E-state index in [4.69, 9.17) is 27.6 Å². The van der Waals surface area contributed by atoms with Crippen LogP contribution < -0.4 is 10.9 Å². The number of halogens is 1. The number of aliphatic imine (C=N–C) groups is 1. The van der Waals surface area contributed by atoms with Gasteiger partial charge in [0.15, 0.2) is 10.2 Å². The highest BCUT2D eigenvalue weighted by Gasteiger charge is 2.48. The van der Waals surface area contributed by atoms with Crippen LogP contribution in [0.15, 0.2) is 44.5 Å². The van der Waals surface area contributed by atoms with Crippen molar-refractivity contribution in [3.63, 3.8) is 0 Å². The zero-order chi connectivity index (χ0) is 15.0. The van der Waals surface area contributed by atoms with Crippen LogP contribution in [0.25, 0.3) is 0 Å². The predicted octanol–water partition coefficient (Wildman–Crippen LogP) is 0.567. The van der Waals surface area contributed by atoms with Crippen LogP contribution in [0.4, 0.5) is 0 Å². The molecule has 7 nitrogen and oxygen atoms in total. The molecule has 1 aliphatic rings. The maximum atomic E-state index is 12.7. The maximum absolute atomic E-state index is 12.7. The third-order valence-corrected chi connectivity index (χ3v) is 10.1. The van der Waals surface area contributed by atoms with Crippen LogP contribution in [-0.2, 0) is 8.87 Å². The molecule has 1 aromatic rings. The molecule has 0 amide bonds. The lowest BCUT2D eigenvalue weighted by Gasteiger charge is -2.31. The Labute approximate surface area is 122 Å². The average molecular weight is 337 g/mol. The van der Waals surface area contributed by atoms with Crippen LogP contribution in [0.1, 0.15) is 6.42 Å². The first-order chi connectivity index (χ1) is 9.35. The number of nitrogens with zero attached hydrogens (tertiary/aromatic N) is 2. The van der Waals surface area contributed by atoms with Gasteiger partial charge < -0.3 is 10.8 Å². The molecule has 0 fully saturated rings. The molecular formula is C10H13ClN4O3S2. The summed E-state index contributed by atoms with van der Waals surface area (Å²) in [6, 6.07) is 4.44. The first-order valence-corrected chi connectivity index (χ1v) is 9.54. The first-order valence-electron chi connectivity index (χ1n) is 5.46. The van der Waals surface area contributed by atoms with Crippen molar-refractivity contribution in [3.05, 3.63) is 34.5 Å². The second-order valence-corrected chi connectivity index (χ2v) is 10.6. The van der Waals surface area contributed by atoms with E-state index >= 15 is 0 Å². The van der Waals surface area contributed by atoms with Gasteiger partial charge in [-0.05, 0) is 12.1 Å². The molecule has 5 N–H and O–H groups in total. The van der Waals surface area contributed by atoms with Crippen LogP contribution in [0.5, 0.6) is 0 Å². The van der Waals surface area contributed by atoms with Crippen LogP contribution in [0.3, 0.4) is 0 Å². The number of hydrogen-bond donors (Lipinski definition) is 3. The minimum atomic E-state index is -4.05. The Kier molecular flexibility index (Phi) is 4.07.